The van der Waals surface area contributed by atoms with Gasteiger partial charge in [0.05, 0.1) is 0 Å². The second-order valence-electron chi connectivity index (χ2n) is 7.59. The average Bonchev–Trinajstić information content (AvgIpc) is 3.35. The van der Waals surface area contributed by atoms with Crippen LogP contribution < -0.4 is 5.32 Å². The lowest BCUT2D eigenvalue weighted by Gasteiger charge is -2.30. The average molecular weight is 361 g/mol. The minimum atomic E-state index is 0.0643. The van der Waals surface area contributed by atoms with E-state index >= 15 is 0 Å². The first-order valence-corrected chi connectivity index (χ1v) is 9.74. The number of hydrogen-bond acceptors (Lipinski definition) is 3. The fraction of sp³-hybridized carbons (Fsp3) is 0.364. The predicted octanol–water partition coefficient (Wildman–Crippen LogP) is 4.27. The van der Waals surface area contributed by atoms with Crippen molar-refractivity contribution in [3.05, 3.63) is 66.1 Å². The maximum atomic E-state index is 12.6. The molecule has 27 heavy (non-hydrogen) atoms. The van der Waals surface area contributed by atoms with Crippen LogP contribution in [0.25, 0.3) is 11.1 Å². The number of piperidine rings is 1. The number of amides is 2. The summed E-state index contributed by atoms with van der Waals surface area (Å²) >= 11 is 0. The van der Waals surface area contributed by atoms with Crippen LogP contribution in [-0.2, 0) is 0 Å². The Morgan fingerprint density at radius 3 is 2.56 bits per heavy atom. The molecular formula is C22H23N3O2. The number of carbonyl (C=O) groups excluding carboxylic acids is 1. The molecule has 3 aromatic rings. The molecular weight excluding hydrogens is 338 g/mol. The molecule has 2 aromatic carbocycles. The standard InChI is InChI=1S/C22H23N3O2/c26-22(24-19-14-17(19)15-6-2-1-3-7-15)25-12-10-16(11-13-25)21-23-18-8-4-5-9-20(18)27-21/h1-9,16-17,19H,10-14H2,(H,24,26)/t17-,19+/m0/s1. The minimum absolute atomic E-state index is 0.0643. The van der Waals surface area contributed by atoms with Gasteiger partial charge in [0.1, 0.15) is 5.52 Å². The molecule has 5 nitrogen and oxygen atoms in total. The number of likely N-dealkylation sites (tertiary alicyclic amines) is 1. The minimum Gasteiger partial charge on any atom is -0.440 e. The number of rotatable bonds is 3. The third-order valence-electron chi connectivity index (χ3n) is 5.77. The Bertz CT molecular complexity index is 911. The molecule has 5 rings (SSSR count). The van der Waals surface area contributed by atoms with Gasteiger partial charge >= 0.3 is 6.03 Å². The van der Waals surface area contributed by atoms with Gasteiger partial charge in [-0.2, -0.15) is 0 Å². The summed E-state index contributed by atoms with van der Waals surface area (Å²) in [7, 11) is 0. The van der Waals surface area contributed by atoms with E-state index in [1.54, 1.807) is 0 Å². The summed E-state index contributed by atoms with van der Waals surface area (Å²) in [5, 5.41) is 3.20. The fourth-order valence-electron chi connectivity index (χ4n) is 4.07. The molecule has 0 spiro atoms. The van der Waals surface area contributed by atoms with Gasteiger partial charge in [0.2, 0.25) is 0 Å². The normalized spacial score (nSPS) is 22.7. The monoisotopic (exact) mass is 361 g/mol. The van der Waals surface area contributed by atoms with Crippen LogP contribution in [0.3, 0.4) is 0 Å². The van der Waals surface area contributed by atoms with Crippen molar-refractivity contribution < 1.29 is 9.21 Å². The number of para-hydroxylation sites is 2. The third kappa shape index (κ3) is 3.29. The van der Waals surface area contributed by atoms with Crippen molar-refractivity contribution in [3.8, 4) is 0 Å². The molecule has 1 saturated heterocycles. The molecule has 5 heteroatoms. The molecule has 1 aliphatic heterocycles. The van der Waals surface area contributed by atoms with E-state index in [1.807, 2.05) is 35.2 Å². The van der Waals surface area contributed by atoms with Crippen molar-refractivity contribution >= 4 is 17.1 Å². The van der Waals surface area contributed by atoms with Gasteiger partial charge in [-0.15, -0.1) is 0 Å². The zero-order chi connectivity index (χ0) is 18.2. The van der Waals surface area contributed by atoms with E-state index in [-0.39, 0.29) is 12.1 Å². The van der Waals surface area contributed by atoms with Gasteiger partial charge in [0.15, 0.2) is 11.5 Å². The van der Waals surface area contributed by atoms with Crippen molar-refractivity contribution in [1.29, 1.82) is 0 Å². The second kappa shape index (κ2) is 6.72. The zero-order valence-corrected chi connectivity index (χ0v) is 15.2. The summed E-state index contributed by atoms with van der Waals surface area (Å²) in [6.45, 7) is 1.50. The smallest absolute Gasteiger partial charge is 0.317 e. The van der Waals surface area contributed by atoms with Gasteiger partial charge in [-0.05, 0) is 37.0 Å². The van der Waals surface area contributed by atoms with E-state index < -0.39 is 0 Å². The zero-order valence-electron chi connectivity index (χ0n) is 15.2. The van der Waals surface area contributed by atoms with Crippen molar-refractivity contribution in [2.75, 3.05) is 13.1 Å². The second-order valence-corrected chi connectivity index (χ2v) is 7.59. The van der Waals surface area contributed by atoms with Gasteiger partial charge in [0.25, 0.3) is 0 Å². The lowest BCUT2D eigenvalue weighted by Crippen LogP contribution is -2.45. The number of aromatic nitrogens is 1. The number of urea groups is 1. The molecule has 2 fully saturated rings. The van der Waals surface area contributed by atoms with Crippen molar-refractivity contribution in [3.63, 3.8) is 0 Å². The van der Waals surface area contributed by atoms with Crippen LogP contribution >= 0.6 is 0 Å². The number of fused-ring (bicyclic) bond motifs is 1. The van der Waals surface area contributed by atoms with Crippen LogP contribution in [0.15, 0.2) is 59.0 Å². The van der Waals surface area contributed by atoms with Gasteiger partial charge in [0, 0.05) is 31.0 Å². The molecule has 0 bridgehead atoms. The van der Waals surface area contributed by atoms with E-state index in [4.69, 9.17) is 4.42 Å². The summed E-state index contributed by atoms with van der Waals surface area (Å²) in [6.07, 6.45) is 2.83. The summed E-state index contributed by atoms with van der Waals surface area (Å²) in [5.74, 6) is 1.56. The molecule has 138 valence electrons. The van der Waals surface area contributed by atoms with Crippen molar-refractivity contribution in [1.82, 2.24) is 15.2 Å². The highest BCUT2D eigenvalue weighted by atomic mass is 16.3. The lowest BCUT2D eigenvalue weighted by atomic mass is 9.97. The summed E-state index contributed by atoms with van der Waals surface area (Å²) in [4.78, 5) is 19.1. The molecule has 0 radical (unpaired) electrons. The Morgan fingerprint density at radius 1 is 1.04 bits per heavy atom. The third-order valence-corrected chi connectivity index (χ3v) is 5.77. The van der Waals surface area contributed by atoms with Gasteiger partial charge in [-0.1, -0.05) is 42.5 Å². The Labute approximate surface area is 158 Å². The van der Waals surface area contributed by atoms with Crippen LogP contribution in [-0.4, -0.2) is 35.0 Å². The Kier molecular flexibility index (Phi) is 4.07. The molecule has 1 aliphatic carbocycles. The summed E-state index contributed by atoms with van der Waals surface area (Å²) in [5.41, 5.74) is 3.07. The number of hydrogen-bond donors (Lipinski definition) is 1. The summed E-state index contributed by atoms with van der Waals surface area (Å²) < 4.78 is 5.91. The maximum absolute atomic E-state index is 12.6. The van der Waals surface area contributed by atoms with E-state index in [1.165, 1.54) is 5.56 Å². The SMILES string of the molecule is O=C(N[C@@H]1C[C@H]1c1ccccc1)N1CCC(c2nc3ccccc3o2)CC1. The van der Waals surface area contributed by atoms with Crippen molar-refractivity contribution in [2.24, 2.45) is 0 Å². The molecule has 0 unspecified atom stereocenters. The number of carbonyl (C=O) groups is 1. The largest absolute Gasteiger partial charge is 0.440 e. The first-order chi connectivity index (χ1) is 13.3. The van der Waals surface area contributed by atoms with Crippen LogP contribution in [0.5, 0.6) is 0 Å². The van der Waals surface area contributed by atoms with Crippen LogP contribution in [0, 0.1) is 0 Å². The van der Waals surface area contributed by atoms with Gasteiger partial charge in [-0.25, -0.2) is 9.78 Å². The van der Waals surface area contributed by atoms with Gasteiger partial charge < -0.3 is 14.6 Å². The Hall–Kier alpha value is -2.82. The number of nitrogens with zero attached hydrogens (tertiary/aromatic N) is 2. The highest BCUT2D eigenvalue weighted by Gasteiger charge is 2.40. The highest BCUT2D eigenvalue weighted by molar-refractivity contribution is 5.75. The molecule has 2 amide bonds. The molecule has 1 aromatic heterocycles. The van der Waals surface area contributed by atoms with Crippen LogP contribution in [0.2, 0.25) is 0 Å². The van der Waals surface area contributed by atoms with Crippen LogP contribution in [0.4, 0.5) is 4.79 Å². The Morgan fingerprint density at radius 2 is 1.78 bits per heavy atom. The summed E-state index contributed by atoms with van der Waals surface area (Å²) in [6, 6.07) is 18.6. The van der Waals surface area contributed by atoms with E-state index in [0.29, 0.717) is 11.8 Å². The molecule has 1 saturated carbocycles. The maximum Gasteiger partial charge on any atom is 0.317 e. The quantitative estimate of drug-likeness (QED) is 0.758. The molecule has 1 N–H and O–H groups in total. The number of nitrogens with one attached hydrogen (secondary N) is 1. The fourth-order valence-corrected chi connectivity index (χ4v) is 4.07. The van der Waals surface area contributed by atoms with Gasteiger partial charge in [-0.3, -0.25) is 0 Å². The topological polar surface area (TPSA) is 58.4 Å². The van der Waals surface area contributed by atoms with E-state index in [0.717, 1.165) is 49.3 Å². The van der Waals surface area contributed by atoms with Crippen molar-refractivity contribution in [2.45, 2.75) is 37.1 Å². The first kappa shape index (κ1) is 16.4. The van der Waals surface area contributed by atoms with E-state index in [2.05, 4.69) is 34.6 Å². The predicted molar refractivity (Wildman–Crippen MR) is 104 cm³/mol. The number of oxazole rings is 1. The number of benzene rings is 2. The Balaban J connectivity index is 1.15. The van der Waals surface area contributed by atoms with Crippen LogP contribution in [0.1, 0.15) is 42.6 Å². The molecule has 2 heterocycles. The van der Waals surface area contributed by atoms with E-state index in [9.17, 15) is 4.79 Å². The highest BCUT2D eigenvalue weighted by Crippen LogP contribution is 2.40. The first-order valence-electron chi connectivity index (χ1n) is 9.74. The molecule has 2 atom stereocenters. The lowest BCUT2D eigenvalue weighted by molar-refractivity contribution is 0.177. The molecule has 2 aliphatic rings.